The molecule has 9 heteroatoms. The molecular formula is C21H17BrCl2N2O3S. The summed E-state index contributed by atoms with van der Waals surface area (Å²) in [5.74, 6) is -0.521. The molecule has 0 fully saturated rings. The Morgan fingerprint density at radius 3 is 2.40 bits per heavy atom. The van der Waals surface area contributed by atoms with E-state index in [1.807, 2.05) is 0 Å². The van der Waals surface area contributed by atoms with Crippen molar-refractivity contribution in [3.63, 3.8) is 0 Å². The van der Waals surface area contributed by atoms with Gasteiger partial charge in [-0.2, -0.15) is 0 Å². The molecule has 0 aliphatic heterocycles. The molecule has 0 atom stereocenters. The third-order valence-electron chi connectivity index (χ3n) is 4.26. The van der Waals surface area contributed by atoms with Gasteiger partial charge in [-0.3, -0.25) is 9.10 Å². The topological polar surface area (TPSA) is 66.5 Å². The van der Waals surface area contributed by atoms with E-state index >= 15 is 0 Å². The molecule has 5 nitrogen and oxygen atoms in total. The molecule has 0 unspecified atom stereocenters. The standard InChI is InChI=1S/C21H17BrCl2N2O3S/c1-14-7-8-15(23)11-20(14)26(30(28,29)17-5-3-2-4-6-17)13-21(27)25-16-9-10-18(22)19(24)12-16/h2-12H,13H2,1H3,(H,25,27). The van der Waals surface area contributed by atoms with Crippen molar-refractivity contribution >= 4 is 66.4 Å². The van der Waals surface area contributed by atoms with Crippen LogP contribution >= 0.6 is 39.1 Å². The monoisotopic (exact) mass is 526 g/mol. The van der Waals surface area contributed by atoms with Gasteiger partial charge in [0.15, 0.2) is 0 Å². The normalized spacial score (nSPS) is 11.2. The van der Waals surface area contributed by atoms with Gasteiger partial charge in [0.05, 0.1) is 15.6 Å². The van der Waals surface area contributed by atoms with Crippen LogP contribution in [0, 0.1) is 6.92 Å². The van der Waals surface area contributed by atoms with Crippen molar-refractivity contribution in [2.45, 2.75) is 11.8 Å². The Morgan fingerprint density at radius 1 is 1.03 bits per heavy atom. The first-order chi connectivity index (χ1) is 14.2. The van der Waals surface area contributed by atoms with E-state index in [2.05, 4.69) is 21.2 Å². The summed E-state index contributed by atoms with van der Waals surface area (Å²) in [6.07, 6.45) is 0. The van der Waals surface area contributed by atoms with Gasteiger partial charge in [-0.1, -0.05) is 47.5 Å². The Labute approximate surface area is 193 Å². The highest BCUT2D eigenvalue weighted by Gasteiger charge is 2.28. The minimum absolute atomic E-state index is 0.0730. The molecule has 30 heavy (non-hydrogen) atoms. The average Bonchev–Trinajstić information content (AvgIpc) is 2.71. The number of nitrogens with one attached hydrogen (secondary N) is 1. The molecule has 0 heterocycles. The Balaban J connectivity index is 1.98. The lowest BCUT2D eigenvalue weighted by molar-refractivity contribution is -0.114. The largest absolute Gasteiger partial charge is 0.324 e. The van der Waals surface area contributed by atoms with Gasteiger partial charge in [0.2, 0.25) is 5.91 Å². The van der Waals surface area contributed by atoms with E-state index in [1.165, 1.54) is 18.2 Å². The smallest absolute Gasteiger partial charge is 0.264 e. The van der Waals surface area contributed by atoms with Gasteiger partial charge in [0.25, 0.3) is 10.0 Å². The van der Waals surface area contributed by atoms with Crippen LogP contribution in [-0.2, 0) is 14.8 Å². The summed E-state index contributed by atoms with van der Waals surface area (Å²) in [7, 11) is -4.02. The van der Waals surface area contributed by atoms with Crippen LogP contribution in [0.2, 0.25) is 10.0 Å². The van der Waals surface area contributed by atoms with Crippen molar-refractivity contribution in [2.75, 3.05) is 16.2 Å². The fourth-order valence-corrected chi connectivity index (χ4v) is 4.87. The number of carbonyl (C=O) groups excluding carboxylic acids is 1. The van der Waals surface area contributed by atoms with E-state index in [0.29, 0.717) is 31.5 Å². The molecular weight excluding hydrogens is 511 g/mol. The van der Waals surface area contributed by atoms with Crippen molar-refractivity contribution in [2.24, 2.45) is 0 Å². The number of nitrogens with zero attached hydrogens (tertiary/aromatic N) is 1. The Kier molecular flexibility index (Phi) is 7.08. The molecule has 0 aliphatic carbocycles. The van der Waals surface area contributed by atoms with Gasteiger partial charge in [-0.25, -0.2) is 8.42 Å². The minimum Gasteiger partial charge on any atom is -0.324 e. The lowest BCUT2D eigenvalue weighted by Gasteiger charge is -2.26. The van der Waals surface area contributed by atoms with E-state index in [9.17, 15) is 13.2 Å². The number of hydrogen-bond donors (Lipinski definition) is 1. The molecule has 156 valence electrons. The highest BCUT2D eigenvalue weighted by atomic mass is 79.9. The number of aryl methyl sites for hydroxylation is 1. The van der Waals surface area contributed by atoms with Crippen molar-refractivity contribution in [1.29, 1.82) is 0 Å². The summed E-state index contributed by atoms with van der Waals surface area (Å²) in [6.45, 7) is 1.32. The van der Waals surface area contributed by atoms with Crippen LogP contribution in [0.4, 0.5) is 11.4 Å². The van der Waals surface area contributed by atoms with E-state index < -0.39 is 22.5 Å². The SMILES string of the molecule is Cc1ccc(Cl)cc1N(CC(=O)Nc1ccc(Br)c(Cl)c1)S(=O)(=O)c1ccccc1. The summed E-state index contributed by atoms with van der Waals surface area (Å²) in [5, 5.41) is 3.47. The molecule has 1 N–H and O–H groups in total. The Morgan fingerprint density at radius 2 is 1.73 bits per heavy atom. The zero-order chi connectivity index (χ0) is 21.9. The van der Waals surface area contributed by atoms with E-state index in [0.717, 1.165) is 4.31 Å². The first kappa shape index (κ1) is 22.6. The number of rotatable bonds is 6. The third kappa shape index (κ3) is 5.16. The number of hydrogen-bond acceptors (Lipinski definition) is 3. The van der Waals surface area contributed by atoms with Gasteiger partial charge >= 0.3 is 0 Å². The maximum absolute atomic E-state index is 13.4. The van der Waals surface area contributed by atoms with Gasteiger partial charge in [-0.15, -0.1) is 0 Å². The second kappa shape index (κ2) is 9.39. The third-order valence-corrected chi connectivity index (χ3v) is 7.50. The lowest BCUT2D eigenvalue weighted by Crippen LogP contribution is -2.38. The molecule has 3 rings (SSSR count). The molecule has 0 radical (unpaired) electrons. The van der Waals surface area contributed by atoms with Gasteiger partial charge in [-0.05, 0) is 70.9 Å². The van der Waals surface area contributed by atoms with Crippen LogP contribution in [0.5, 0.6) is 0 Å². The summed E-state index contributed by atoms with van der Waals surface area (Å²) in [5.41, 5.74) is 1.45. The lowest BCUT2D eigenvalue weighted by atomic mass is 10.2. The summed E-state index contributed by atoms with van der Waals surface area (Å²) >= 11 is 15.5. The van der Waals surface area contributed by atoms with Crippen LogP contribution in [0.25, 0.3) is 0 Å². The quantitative estimate of drug-likeness (QED) is 0.434. The number of carbonyl (C=O) groups is 1. The average molecular weight is 528 g/mol. The zero-order valence-corrected chi connectivity index (χ0v) is 19.7. The van der Waals surface area contributed by atoms with E-state index in [1.54, 1.807) is 55.5 Å². The van der Waals surface area contributed by atoms with Crippen LogP contribution in [0.3, 0.4) is 0 Å². The fourth-order valence-electron chi connectivity index (χ4n) is 2.78. The Bertz CT molecular complexity index is 1190. The van der Waals surface area contributed by atoms with Gasteiger partial charge < -0.3 is 5.32 Å². The van der Waals surface area contributed by atoms with Gasteiger partial charge in [0.1, 0.15) is 6.54 Å². The second-order valence-electron chi connectivity index (χ2n) is 6.43. The Hall–Kier alpha value is -2.06. The highest BCUT2D eigenvalue weighted by molar-refractivity contribution is 9.10. The number of benzene rings is 3. The summed E-state index contributed by atoms with van der Waals surface area (Å²) in [4.78, 5) is 12.8. The van der Waals surface area contributed by atoms with Gasteiger partial charge in [0, 0.05) is 15.2 Å². The molecule has 3 aromatic rings. The molecule has 3 aromatic carbocycles. The first-order valence-electron chi connectivity index (χ1n) is 8.77. The van der Waals surface area contributed by atoms with Crippen molar-refractivity contribution in [3.8, 4) is 0 Å². The van der Waals surface area contributed by atoms with Crippen LogP contribution in [0.1, 0.15) is 5.56 Å². The van der Waals surface area contributed by atoms with Crippen LogP contribution < -0.4 is 9.62 Å². The fraction of sp³-hybridized carbons (Fsp3) is 0.0952. The number of sulfonamides is 1. The maximum Gasteiger partial charge on any atom is 0.264 e. The zero-order valence-electron chi connectivity index (χ0n) is 15.8. The predicted octanol–water partition coefficient (Wildman–Crippen LogP) is 5.90. The number of anilines is 2. The van der Waals surface area contributed by atoms with Crippen molar-refractivity contribution in [3.05, 3.63) is 86.8 Å². The van der Waals surface area contributed by atoms with E-state index in [4.69, 9.17) is 23.2 Å². The van der Waals surface area contributed by atoms with Crippen LogP contribution in [0.15, 0.2) is 76.1 Å². The van der Waals surface area contributed by atoms with Crippen molar-refractivity contribution < 1.29 is 13.2 Å². The van der Waals surface area contributed by atoms with Crippen molar-refractivity contribution in [1.82, 2.24) is 0 Å². The highest BCUT2D eigenvalue weighted by Crippen LogP contribution is 2.30. The maximum atomic E-state index is 13.4. The molecule has 0 saturated carbocycles. The van der Waals surface area contributed by atoms with E-state index in [-0.39, 0.29) is 4.90 Å². The molecule has 0 bridgehead atoms. The molecule has 0 spiro atoms. The predicted molar refractivity (Wildman–Crippen MR) is 125 cm³/mol. The molecule has 0 saturated heterocycles. The minimum atomic E-state index is -4.02. The first-order valence-corrected chi connectivity index (χ1v) is 11.8. The summed E-state index contributed by atoms with van der Waals surface area (Å²) in [6, 6.07) is 17.8. The molecule has 0 aromatic heterocycles. The summed E-state index contributed by atoms with van der Waals surface area (Å²) < 4.78 is 28.5. The van der Waals surface area contributed by atoms with Crippen LogP contribution in [-0.4, -0.2) is 20.9 Å². The molecule has 1 amide bonds. The number of halogens is 3. The molecule has 0 aliphatic rings. The second-order valence-corrected chi connectivity index (χ2v) is 9.99. The number of amides is 1.